The molecule has 0 unspecified atom stereocenters. The number of aryl methyl sites for hydroxylation is 1. The van der Waals surface area contributed by atoms with Crippen LogP contribution in [0.1, 0.15) is 18.5 Å². The Bertz CT molecular complexity index is 901. The van der Waals surface area contributed by atoms with Crippen molar-refractivity contribution in [1.29, 1.82) is 0 Å². The standard InChI is InChI=1S/C18H21ClN6O2/c1-3-25-10-12(8-21-25)22-18-20-9-14(19)17(24-18)23-15(11-26)13-6-4-5-7-16(13)27-2/h4-10,15,26H,3,11H2,1-2H3,(H2,20,22,23,24)/t15-/m1/s1. The molecule has 142 valence electrons. The lowest BCUT2D eigenvalue weighted by Gasteiger charge is -2.20. The van der Waals surface area contributed by atoms with Gasteiger partial charge < -0.3 is 20.5 Å². The average molecular weight is 389 g/mol. The van der Waals surface area contributed by atoms with Gasteiger partial charge >= 0.3 is 0 Å². The largest absolute Gasteiger partial charge is 0.496 e. The molecule has 0 amide bonds. The molecule has 9 heteroatoms. The van der Waals surface area contributed by atoms with Crippen molar-refractivity contribution in [1.82, 2.24) is 19.7 Å². The topological polar surface area (TPSA) is 97.1 Å². The van der Waals surface area contributed by atoms with Crippen LogP contribution in [0.25, 0.3) is 0 Å². The summed E-state index contributed by atoms with van der Waals surface area (Å²) in [4.78, 5) is 8.61. The summed E-state index contributed by atoms with van der Waals surface area (Å²) < 4.78 is 7.17. The van der Waals surface area contributed by atoms with E-state index in [-0.39, 0.29) is 6.61 Å². The van der Waals surface area contributed by atoms with Crippen LogP contribution in [0.5, 0.6) is 5.75 Å². The molecule has 0 aliphatic rings. The van der Waals surface area contributed by atoms with Crippen LogP contribution in [0.4, 0.5) is 17.5 Å². The van der Waals surface area contributed by atoms with Crippen LogP contribution >= 0.6 is 11.6 Å². The van der Waals surface area contributed by atoms with Crippen molar-refractivity contribution >= 4 is 29.1 Å². The third-order valence-electron chi connectivity index (χ3n) is 3.97. The second kappa shape index (κ2) is 8.70. The Labute approximate surface area is 162 Å². The van der Waals surface area contributed by atoms with E-state index in [1.54, 1.807) is 18.0 Å². The van der Waals surface area contributed by atoms with E-state index in [1.807, 2.05) is 37.4 Å². The van der Waals surface area contributed by atoms with E-state index in [0.717, 1.165) is 17.8 Å². The number of methoxy groups -OCH3 is 1. The molecule has 0 spiro atoms. The number of aliphatic hydroxyl groups excluding tert-OH is 1. The second-order valence-corrected chi connectivity index (χ2v) is 6.13. The smallest absolute Gasteiger partial charge is 0.229 e. The lowest BCUT2D eigenvalue weighted by molar-refractivity contribution is 0.273. The highest BCUT2D eigenvalue weighted by molar-refractivity contribution is 6.32. The molecule has 0 aliphatic heterocycles. The summed E-state index contributed by atoms with van der Waals surface area (Å²) in [5.41, 5.74) is 1.57. The predicted octanol–water partition coefficient (Wildman–Crippen LogP) is 3.24. The van der Waals surface area contributed by atoms with Crippen LogP contribution in [-0.4, -0.2) is 38.6 Å². The molecule has 3 rings (SSSR count). The SMILES string of the molecule is CCn1cc(Nc2ncc(Cl)c(N[C@H](CO)c3ccccc3OC)n2)cn1. The first-order chi connectivity index (χ1) is 13.1. The Balaban J connectivity index is 1.82. The molecule has 3 N–H and O–H groups in total. The van der Waals surface area contributed by atoms with Crippen molar-refractivity contribution in [3.63, 3.8) is 0 Å². The van der Waals surface area contributed by atoms with Crippen LogP contribution in [0, 0.1) is 0 Å². The molecule has 0 aliphatic carbocycles. The molecule has 2 heterocycles. The molecule has 0 fully saturated rings. The number of nitrogens with zero attached hydrogens (tertiary/aromatic N) is 4. The van der Waals surface area contributed by atoms with E-state index in [0.29, 0.717) is 22.5 Å². The molecular weight excluding hydrogens is 368 g/mol. The maximum Gasteiger partial charge on any atom is 0.229 e. The molecule has 1 atom stereocenters. The summed E-state index contributed by atoms with van der Waals surface area (Å²) in [5.74, 6) is 1.44. The Hall–Kier alpha value is -2.84. The lowest BCUT2D eigenvalue weighted by atomic mass is 10.1. The van der Waals surface area contributed by atoms with Crippen molar-refractivity contribution in [2.24, 2.45) is 0 Å². The third kappa shape index (κ3) is 4.47. The number of para-hydroxylation sites is 1. The fraction of sp³-hybridized carbons (Fsp3) is 0.278. The Morgan fingerprint density at radius 3 is 2.81 bits per heavy atom. The average Bonchev–Trinajstić information content (AvgIpc) is 3.16. The first kappa shape index (κ1) is 18.9. The fourth-order valence-corrected chi connectivity index (χ4v) is 2.75. The van der Waals surface area contributed by atoms with Crippen LogP contribution in [0.15, 0.2) is 42.9 Å². The highest BCUT2D eigenvalue weighted by Crippen LogP contribution is 2.30. The lowest BCUT2D eigenvalue weighted by Crippen LogP contribution is -2.17. The minimum absolute atomic E-state index is 0.160. The summed E-state index contributed by atoms with van der Waals surface area (Å²) in [6, 6.07) is 7.01. The zero-order valence-electron chi connectivity index (χ0n) is 15.1. The van der Waals surface area contributed by atoms with Crippen molar-refractivity contribution in [2.75, 3.05) is 24.4 Å². The van der Waals surface area contributed by atoms with Crippen molar-refractivity contribution in [3.05, 3.63) is 53.4 Å². The highest BCUT2D eigenvalue weighted by Gasteiger charge is 2.17. The minimum Gasteiger partial charge on any atom is -0.496 e. The number of hydrogen-bond donors (Lipinski definition) is 3. The predicted molar refractivity (Wildman–Crippen MR) is 105 cm³/mol. The molecule has 27 heavy (non-hydrogen) atoms. The molecule has 2 aromatic heterocycles. The molecule has 0 saturated carbocycles. The summed E-state index contributed by atoms with van der Waals surface area (Å²) in [7, 11) is 1.59. The van der Waals surface area contributed by atoms with Crippen LogP contribution in [0.2, 0.25) is 5.02 Å². The van der Waals surface area contributed by atoms with E-state index >= 15 is 0 Å². The van der Waals surface area contributed by atoms with Gasteiger partial charge in [-0.1, -0.05) is 29.8 Å². The van der Waals surface area contributed by atoms with E-state index < -0.39 is 6.04 Å². The van der Waals surface area contributed by atoms with E-state index in [4.69, 9.17) is 16.3 Å². The van der Waals surface area contributed by atoms with Gasteiger partial charge in [0.05, 0.1) is 37.8 Å². The summed E-state index contributed by atoms with van der Waals surface area (Å²) in [6.45, 7) is 2.62. The Morgan fingerprint density at radius 2 is 2.11 bits per heavy atom. The van der Waals surface area contributed by atoms with Gasteiger partial charge in [0.25, 0.3) is 0 Å². The normalized spacial score (nSPS) is 11.9. The van der Waals surface area contributed by atoms with Gasteiger partial charge in [-0.2, -0.15) is 10.1 Å². The van der Waals surface area contributed by atoms with Gasteiger partial charge in [-0.25, -0.2) is 4.98 Å². The zero-order chi connectivity index (χ0) is 19.2. The molecule has 0 radical (unpaired) electrons. The first-order valence-electron chi connectivity index (χ1n) is 8.47. The number of rotatable bonds is 8. The Kier molecular flexibility index (Phi) is 6.10. The number of aromatic nitrogens is 4. The molecule has 3 aromatic rings. The molecule has 0 bridgehead atoms. The maximum absolute atomic E-state index is 9.85. The molecule has 0 saturated heterocycles. The van der Waals surface area contributed by atoms with Crippen molar-refractivity contribution in [2.45, 2.75) is 19.5 Å². The zero-order valence-corrected chi connectivity index (χ0v) is 15.8. The molecule has 1 aromatic carbocycles. The van der Waals surface area contributed by atoms with Gasteiger partial charge in [0.1, 0.15) is 10.8 Å². The van der Waals surface area contributed by atoms with E-state index in [2.05, 4.69) is 25.7 Å². The van der Waals surface area contributed by atoms with E-state index in [1.165, 1.54) is 6.20 Å². The number of ether oxygens (including phenoxy) is 1. The van der Waals surface area contributed by atoms with Crippen LogP contribution in [-0.2, 0) is 6.54 Å². The fourth-order valence-electron chi connectivity index (χ4n) is 2.60. The summed E-state index contributed by atoms with van der Waals surface area (Å²) in [6.07, 6.45) is 5.05. The monoisotopic (exact) mass is 388 g/mol. The number of halogens is 1. The first-order valence-corrected chi connectivity index (χ1v) is 8.84. The number of anilines is 3. The van der Waals surface area contributed by atoms with Crippen molar-refractivity contribution in [3.8, 4) is 5.75 Å². The van der Waals surface area contributed by atoms with E-state index in [9.17, 15) is 5.11 Å². The van der Waals surface area contributed by atoms with Crippen LogP contribution in [0.3, 0.4) is 0 Å². The molecular formula is C18H21ClN6O2. The molecule has 8 nitrogen and oxygen atoms in total. The summed E-state index contributed by atoms with van der Waals surface area (Å²) >= 11 is 6.24. The number of aliphatic hydroxyl groups is 1. The summed E-state index contributed by atoms with van der Waals surface area (Å²) in [5, 5.41) is 20.6. The van der Waals surface area contributed by atoms with Gasteiger partial charge in [0, 0.05) is 18.3 Å². The van der Waals surface area contributed by atoms with Gasteiger partial charge in [0.15, 0.2) is 5.82 Å². The number of nitrogens with one attached hydrogen (secondary N) is 2. The quantitative estimate of drug-likeness (QED) is 0.545. The van der Waals surface area contributed by atoms with Gasteiger partial charge in [0.2, 0.25) is 5.95 Å². The van der Waals surface area contributed by atoms with Crippen molar-refractivity contribution < 1.29 is 9.84 Å². The number of hydrogen-bond acceptors (Lipinski definition) is 7. The van der Waals surface area contributed by atoms with Gasteiger partial charge in [-0.3, -0.25) is 4.68 Å². The van der Waals surface area contributed by atoms with Crippen LogP contribution < -0.4 is 15.4 Å². The van der Waals surface area contributed by atoms with Gasteiger partial charge in [-0.05, 0) is 13.0 Å². The number of benzene rings is 1. The second-order valence-electron chi connectivity index (χ2n) is 5.72. The van der Waals surface area contributed by atoms with Gasteiger partial charge in [-0.15, -0.1) is 0 Å². The Morgan fingerprint density at radius 1 is 1.30 bits per heavy atom. The minimum atomic E-state index is -0.441. The third-order valence-corrected chi connectivity index (χ3v) is 4.24. The maximum atomic E-state index is 9.85. The highest BCUT2D eigenvalue weighted by atomic mass is 35.5.